The number of hydrogen-bond donors (Lipinski definition) is 1. The van der Waals surface area contributed by atoms with E-state index < -0.39 is 0 Å². The SMILES string of the molecule is C=CCc1ccc(OCCC)c(-c2ccc(OCCC[n+]3ccc(/C=C/c4c[nH]c5ccccc45)cc3)c(CC=C)c2)c1.[Br-]. The van der Waals surface area contributed by atoms with Crippen LogP contribution < -0.4 is 31.0 Å². The van der Waals surface area contributed by atoms with Gasteiger partial charge in [0.05, 0.1) is 13.2 Å². The number of para-hydroxylation sites is 1. The Bertz CT molecular complexity index is 1700. The molecule has 0 saturated carbocycles. The third-order valence-electron chi connectivity index (χ3n) is 7.43. The number of benzene rings is 3. The summed E-state index contributed by atoms with van der Waals surface area (Å²) < 4.78 is 14.6. The minimum atomic E-state index is 0. The molecule has 5 heteroatoms. The van der Waals surface area contributed by atoms with Crippen molar-refractivity contribution >= 4 is 23.1 Å². The molecular weight excluding hydrogens is 608 g/mol. The van der Waals surface area contributed by atoms with Gasteiger partial charge in [-0.2, -0.15) is 0 Å². The maximum absolute atomic E-state index is 6.28. The van der Waals surface area contributed by atoms with Gasteiger partial charge in [0.1, 0.15) is 11.5 Å². The van der Waals surface area contributed by atoms with Crippen LogP contribution in [-0.2, 0) is 19.4 Å². The molecule has 5 aromatic rings. The van der Waals surface area contributed by atoms with Crippen LogP contribution in [-0.4, -0.2) is 18.2 Å². The standard InChI is InChI=1S/C39H40N2O2.BrH/c1-4-10-31-15-18-39(42-25-6-3)36(27-31)32-17-19-38(33(28-32)11-5-2)43-26-9-22-41-23-20-30(21-24-41)14-16-34-29-40-37-13-8-7-12-35(34)37;/h4-5,7-8,12-21,23-24,27-29H,1-2,6,9-11,22,25-26H2,3H3;1H. The van der Waals surface area contributed by atoms with Crippen LogP contribution in [0.2, 0.25) is 0 Å². The third kappa shape index (κ3) is 8.39. The number of aromatic amines is 1. The van der Waals surface area contributed by atoms with Gasteiger partial charge in [-0.05, 0) is 77.4 Å². The summed E-state index contributed by atoms with van der Waals surface area (Å²) in [6.07, 6.45) is 17.9. The number of halogens is 1. The quantitative estimate of drug-likeness (QED) is 0.0858. The first-order valence-electron chi connectivity index (χ1n) is 15.2. The van der Waals surface area contributed by atoms with Crippen LogP contribution in [0.5, 0.6) is 11.5 Å². The smallest absolute Gasteiger partial charge is 0.169 e. The van der Waals surface area contributed by atoms with Crippen LogP contribution in [0.4, 0.5) is 0 Å². The van der Waals surface area contributed by atoms with E-state index in [1.165, 1.54) is 22.1 Å². The number of nitrogens with one attached hydrogen (secondary N) is 1. The topological polar surface area (TPSA) is 38.1 Å². The average Bonchev–Trinajstić information content (AvgIpc) is 3.46. The van der Waals surface area contributed by atoms with Gasteiger partial charge in [-0.3, -0.25) is 0 Å². The molecule has 2 heterocycles. The van der Waals surface area contributed by atoms with Crippen molar-refractivity contribution < 1.29 is 31.0 Å². The van der Waals surface area contributed by atoms with Crippen molar-refractivity contribution in [3.05, 3.63) is 139 Å². The van der Waals surface area contributed by atoms with Crippen molar-refractivity contribution in [1.82, 2.24) is 4.98 Å². The van der Waals surface area contributed by atoms with Crippen LogP contribution in [0, 0.1) is 0 Å². The molecule has 2 aromatic heterocycles. The number of aryl methyl sites for hydroxylation is 1. The van der Waals surface area contributed by atoms with E-state index in [-0.39, 0.29) is 17.0 Å². The van der Waals surface area contributed by atoms with E-state index in [2.05, 4.69) is 133 Å². The van der Waals surface area contributed by atoms with Crippen molar-refractivity contribution in [3.63, 3.8) is 0 Å². The first-order chi connectivity index (χ1) is 21.2. The predicted molar refractivity (Wildman–Crippen MR) is 179 cm³/mol. The minimum absolute atomic E-state index is 0. The molecule has 0 amide bonds. The monoisotopic (exact) mass is 648 g/mol. The van der Waals surface area contributed by atoms with Crippen molar-refractivity contribution in [2.75, 3.05) is 13.2 Å². The fourth-order valence-corrected chi connectivity index (χ4v) is 5.21. The first kappa shape index (κ1) is 32.6. The summed E-state index contributed by atoms with van der Waals surface area (Å²) in [4.78, 5) is 3.33. The molecule has 3 aromatic carbocycles. The van der Waals surface area contributed by atoms with Gasteiger partial charge in [-0.15, -0.1) is 13.2 Å². The zero-order valence-electron chi connectivity index (χ0n) is 25.5. The molecular formula is C39H41BrN2O2. The van der Waals surface area contributed by atoms with Gasteiger partial charge in [0.2, 0.25) is 0 Å². The molecule has 0 atom stereocenters. The van der Waals surface area contributed by atoms with E-state index >= 15 is 0 Å². The van der Waals surface area contributed by atoms with E-state index in [1.54, 1.807) is 0 Å². The molecule has 5 rings (SSSR count). The normalized spacial score (nSPS) is 10.9. The van der Waals surface area contributed by atoms with Gasteiger partial charge in [0.25, 0.3) is 0 Å². The van der Waals surface area contributed by atoms with Gasteiger partial charge in [-0.25, -0.2) is 4.57 Å². The molecule has 0 aliphatic carbocycles. The average molecular weight is 650 g/mol. The largest absolute Gasteiger partial charge is 1.00 e. The molecule has 1 N–H and O–H groups in total. The lowest BCUT2D eigenvalue weighted by atomic mass is 9.97. The minimum Gasteiger partial charge on any atom is -1.00 e. The zero-order valence-corrected chi connectivity index (χ0v) is 27.1. The Morgan fingerprint density at radius 2 is 1.59 bits per heavy atom. The van der Waals surface area contributed by atoms with E-state index in [1.807, 2.05) is 12.2 Å². The van der Waals surface area contributed by atoms with Gasteiger partial charge in [0, 0.05) is 41.2 Å². The predicted octanol–water partition coefficient (Wildman–Crippen LogP) is 6.01. The van der Waals surface area contributed by atoms with Gasteiger partial charge in [0.15, 0.2) is 18.9 Å². The van der Waals surface area contributed by atoms with E-state index in [0.29, 0.717) is 13.2 Å². The van der Waals surface area contributed by atoms with Crippen LogP contribution >= 0.6 is 0 Å². The number of fused-ring (bicyclic) bond motifs is 1. The molecule has 226 valence electrons. The van der Waals surface area contributed by atoms with E-state index in [4.69, 9.17) is 9.47 Å². The lowest BCUT2D eigenvalue weighted by molar-refractivity contribution is -0.697. The number of nitrogens with zero attached hydrogens (tertiary/aromatic N) is 1. The first-order valence-corrected chi connectivity index (χ1v) is 15.2. The van der Waals surface area contributed by atoms with Crippen molar-refractivity contribution in [1.29, 1.82) is 0 Å². The molecule has 0 saturated heterocycles. The zero-order chi connectivity index (χ0) is 29.9. The molecule has 0 radical (unpaired) electrons. The summed E-state index contributed by atoms with van der Waals surface area (Å²) >= 11 is 0. The summed E-state index contributed by atoms with van der Waals surface area (Å²) in [5, 5.41) is 1.24. The summed E-state index contributed by atoms with van der Waals surface area (Å²) in [5.41, 5.74) is 8.08. The Kier molecular flexibility index (Phi) is 12.2. The molecule has 0 aliphatic heterocycles. The Morgan fingerprint density at radius 3 is 2.39 bits per heavy atom. The lowest BCUT2D eigenvalue weighted by Gasteiger charge is -2.16. The van der Waals surface area contributed by atoms with Crippen LogP contribution in [0.1, 0.15) is 42.0 Å². The second-order valence-corrected chi connectivity index (χ2v) is 10.7. The fourth-order valence-electron chi connectivity index (χ4n) is 5.21. The highest BCUT2D eigenvalue weighted by Crippen LogP contribution is 2.35. The van der Waals surface area contributed by atoms with Crippen molar-refractivity contribution in [2.24, 2.45) is 0 Å². The summed E-state index contributed by atoms with van der Waals surface area (Å²) in [6.45, 7) is 12.2. The number of rotatable bonds is 15. The Balaban J connectivity index is 0.00000442. The summed E-state index contributed by atoms with van der Waals surface area (Å²) in [7, 11) is 0. The van der Waals surface area contributed by atoms with Crippen molar-refractivity contribution in [3.8, 4) is 22.6 Å². The maximum atomic E-state index is 6.28. The van der Waals surface area contributed by atoms with Crippen LogP contribution in [0.15, 0.2) is 117 Å². The third-order valence-corrected chi connectivity index (χ3v) is 7.43. The number of H-pyrrole nitrogens is 1. The number of pyridine rings is 1. The highest BCUT2D eigenvalue weighted by molar-refractivity contribution is 5.91. The molecule has 44 heavy (non-hydrogen) atoms. The second-order valence-electron chi connectivity index (χ2n) is 10.7. The highest BCUT2D eigenvalue weighted by Gasteiger charge is 2.12. The fraction of sp³-hybridized carbons (Fsp3) is 0.205. The second kappa shape index (κ2) is 16.5. The molecule has 0 unspecified atom stereocenters. The number of aromatic nitrogens is 2. The number of allylic oxidation sites excluding steroid dienone is 2. The highest BCUT2D eigenvalue weighted by atomic mass is 79.9. The van der Waals surface area contributed by atoms with Crippen molar-refractivity contribution in [2.45, 2.75) is 39.2 Å². The Morgan fingerprint density at radius 1 is 0.818 bits per heavy atom. The molecule has 0 aliphatic rings. The lowest BCUT2D eigenvalue weighted by Crippen LogP contribution is -3.00. The van der Waals surface area contributed by atoms with Crippen LogP contribution in [0.3, 0.4) is 0 Å². The summed E-state index contributed by atoms with van der Waals surface area (Å²) in [6, 6.07) is 25.5. The van der Waals surface area contributed by atoms with E-state index in [0.717, 1.165) is 65.9 Å². The molecule has 4 nitrogen and oxygen atoms in total. The molecule has 0 bridgehead atoms. The van der Waals surface area contributed by atoms with E-state index in [9.17, 15) is 0 Å². The number of hydrogen-bond acceptors (Lipinski definition) is 2. The molecule has 0 fully saturated rings. The van der Waals surface area contributed by atoms with Gasteiger partial charge < -0.3 is 31.4 Å². The maximum Gasteiger partial charge on any atom is 0.169 e. The van der Waals surface area contributed by atoms with Gasteiger partial charge >= 0.3 is 0 Å². The Labute approximate surface area is 272 Å². The van der Waals surface area contributed by atoms with Gasteiger partial charge in [-0.1, -0.05) is 61.6 Å². The molecule has 0 spiro atoms. The van der Waals surface area contributed by atoms with Crippen LogP contribution in [0.25, 0.3) is 34.2 Å². The Hall–Kier alpha value is -4.35. The summed E-state index contributed by atoms with van der Waals surface area (Å²) in [5.74, 6) is 1.81. The number of ether oxygens (including phenoxy) is 2.